The SMILES string of the molecule is C#CCC(=O)C1CCOC1C. The summed E-state index contributed by atoms with van der Waals surface area (Å²) in [6.45, 7) is 2.62. The zero-order valence-electron chi connectivity index (χ0n) is 6.67. The van der Waals surface area contributed by atoms with E-state index >= 15 is 0 Å². The van der Waals surface area contributed by atoms with Crippen molar-refractivity contribution in [2.45, 2.75) is 25.9 Å². The first-order chi connectivity index (χ1) is 5.25. The third-order valence-electron chi connectivity index (χ3n) is 2.07. The number of terminal acetylenes is 1. The molecule has 0 amide bonds. The molecule has 0 N–H and O–H groups in total. The van der Waals surface area contributed by atoms with E-state index in [1.807, 2.05) is 6.92 Å². The van der Waals surface area contributed by atoms with Gasteiger partial charge in [-0.3, -0.25) is 4.79 Å². The summed E-state index contributed by atoms with van der Waals surface area (Å²) in [6.07, 6.45) is 6.18. The Balaban J connectivity index is 2.47. The van der Waals surface area contributed by atoms with Crippen molar-refractivity contribution in [2.75, 3.05) is 6.61 Å². The lowest BCUT2D eigenvalue weighted by atomic mass is 9.96. The molecule has 0 aromatic rings. The molecule has 0 spiro atoms. The molecule has 2 heteroatoms. The second-order valence-electron chi connectivity index (χ2n) is 2.82. The lowest BCUT2D eigenvalue weighted by molar-refractivity contribution is -0.123. The summed E-state index contributed by atoms with van der Waals surface area (Å²) in [5, 5.41) is 0. The second kappa shape index (κ2) is 3.54. The van der Waals surface area contributed by atoms with Gasteiger partial charge >= 0.3 is 0 Å². The molecule has 1 rings (SSSR count). The molecule has 1 aliphatic heterocycles. The molecule has 0 aromatic heterocycles. The summed E-state index contributed by atoms with van der Waals surface area (Å²) in [7, 11) is 0. The molecule has 2 unspecified atom stereocenters. The molecular weight excluding hydrogens is 140 g/mol. The first kappa shape index (κ1) is 8.29. The van der Waals surface area contributed by atoms with Crippen LogP contribution < -0.4 is 0 Å². The maximum atomic E-state index is 11.2. The summed E-state index contributed by atoms with van der Waals surface area (Å²) in [4.78, 5) is 11.2. The Kier molecular flexibility index (Phi) is 2.67. The smallest absolute Gasteiger partial charge is 0.150 e. The Morgan fingerprint density at radius 1 is 1.82 bits per heavy atom. The third-order valence-corrected chi connectivity index (χ3v) is 2.07. The van der Waals surface area contributed by atoms with Crippen molar-refractivity contribution in [3.05, 3.63) is 0 Å². The Labute approximate surface area is 66.9 Å². The molecule has 0 saturated carbocycles. The van der Waals surface area contributed by atoms with Crippen molar-refractivity contribution in [2.24, 2.45) is 5.92 Å². The summed E-state index contributed by atoms with van der Waals surface area (Å²) >= 11 is 0. The second-order valence-corrected chi connectivity index (χ2v) is 2.82. The number of rotatable bonds is 2. The molecule has 11 heavy (non-hydrogen) atoms. The zero-order chi connectivity index (χ0) is 8.27. The van der Waals surface area contributed by atoms with Crippen molar-refractivity contribution in [3.63, 3.8) is 0 Å². The van der Waals surface area contributed by atoms with Crippen molar-refractivity contribution in [1.29, 1.82) is 0 Å². The van der Waals surface area contributed by atoms with Crippen LogP contribution in [0.5, 0.6) is 0 Å². The van der Waals surface area contributed by atoms with E-state index in [-0.39, 0.29) is 24.2 Å². The molecule has 60 valence electrons. The van der Waals surface area contributed by atoms with Gasteiger partial charge in [-0.25, -0.2) is 0 Å². The number of hydrogen-bond acceptors (Lipinski definition) is 2. The molecule has 0 radical (unpaired) electrons. The van der Waals surface area contributed by atoms with Gasteiger partial charge in [0.15, 0.2) is 0 Å². The first-order valence-corrected chi connectivity index (χ1v) is 3.83. The molecule has 1 saturated heterocycles. The van der Waals surface area contributed by atoms with E-state index in [2.05, 4.69) is 5.92 Å². The minimum Gasteiger partial charge on any atom is -0.378 e. The molecule has 2 atom stereocenters. The van der Waals surface area contributed by atoms with E-state index in [1.54, 1.807) is 0 Å². The lowest BCUT2D eigenvalue weighted by Crippen LogP contribution is -2.20. The maximum Gasteiger partial charge on any atom is 0.150 e. The Morgan fingerprint density at radius 2 is 2.55 bits per heavy atom. The van der Waals surface area contributed by atoms with Crippen molar-refractivity contribution in [1.82, 2.24) is 0 Å². The number of carbonyl (C=O) groups excluding carboxylic acids is 1. The van der Waals surface area contributed by atoms with Crippen molar-refractivity contribution >= 4 is 5.78 Å². The maximum absolute atomic E-state index is 11.2. The van der Waals surface area contributed by atoms with E-state index < -0.39 is 0 Å². The molecule has 1 heterocycles. The number of hydrogen-bond donors (Lipinski definition) is 0. The standard InChI is InChI=1S/C9H12O2/c1-3-4-9(10)8-5-6-11-7(8)2/h1,7-8H,4-6H2,2H3. The largest absolute Gasteiger partial charge is 0.378 e. The minimum absolute atomic E-state index is 0.0473. The molecule has 1 aliphatic rings. The van der Waals surface area contributed by atoms with Gasteiger partial charge in [0.25, 0.3) is 0 Å². The van der Waals surface area contributed by atoms with E-state index in [9.17, 15) is 4.79 Å². The van der Waals surface area contributed by atoms with Crippen LogP contribution in [-0.2, 0) is 9.53 Å². The van der Waals surface area contributed by atoms with E-state index in [1.165, 1.54) is 0 Å². The van der Waals surface area contributed by atoms with Gasteiger partial charge in [0, 0.05) is 12.5 Å². The summed E-state index contributed by atoms with van der Waals surface area (Å²) < 4.78 is 5.24. The Hall–Kier alpha value is -0.810. The summed E-state index contributed by atoms with van der Waals surface area (Å²) in [6, 6.07) is 0. The van der Waals surface area contributed by atoms with Gasteiger partial charge in [0.05, 0.1) is 12.5 Å². The van der Waals surface area contributed by atoms with Crippen molar-refractivity contribution in [3.8, 4) is 12.3 Å². The fourth-order valence-corrected chi connectivity index (χ4v) is 1.39. The average Bonchev–Trinajstić information content (AvgIpc) is 2.36. The molecule has 1 fully saturated rings. The predicted molar refractivity (Wildman–Crippen MR) is 42.0 cm³/mol. The fraction of sp³-hybridized carbons (Fsp3) is 0.667. The van der Waals surface area contributed by atoms with Gasteiger partial charge in [-0.1, -0.05) is 5.92 Å². The van der Waals surface area contributed by atoms with Crippen LogP contribution in [0, 0.1) is 18.3 Å². The molecule has 2 nitrogen and oxygen atoms in total. The molecule has 0 aromatic carbocycles. The Bertz CT molecular complexity index is 190. The van der Waals surface area contributed by atoms with Gasteiger partial charge in [0.2, 0.25) is 0 Å². The Morgan fingerprint density at radius 3 is 3.00 bits per heavy atom. The topological polar surface area (TPSA) is 26.3 Å². The van der Waals surface area contributed by atoms with Crippen LogP contribution in [0.2, 0.25) is 0 Å². The monoisotopic (exact) mass is 152 g/mol. The summed E-state index contributed by atoms with van der Waals surface area (Å²) in [5.74, 6) is 2.56. The minimum atomic E-state index is 0.0473. The quantitative estimate of drug-likeness (QED) is 0.552. The van der Waals surface area contributed by atoms with Crippen molar-refractivity contribution < 1.29 is 9.53 Å². The first-order valence-electron chi connectivity index (χ1n) is 3.83. The number of carbonyl (C=O) groups is 1. The van der Waals surface area contributed by atoms with Gasteiger partial charge in [0.1, 0.15) is 5.78 Å². The van der Waals surface area contributed by atoms with Crippen LogP contribution >= 0.6 is 0 Å². The van der Waals surface area contributed by atoms with Gasteiger partial charge in [-0.15, -0.1) is 6.42 Å². The van der Waals surface area contributed by atoms with Crippen LogP contribution in [0.1, 0.15) is 19.8 Å². The predicted octanol–water partition coefficient (Wildman–Crippen LogP) is 1.00. The van der Waals surface area contributed by atoms with Crippen LogP contribution in [0.3, 0.4) is 0 Å². The highest BCUT2D eigenvalue weighted by Crippen LogP contribution is 2.21. The van der Waals surface area contributed by atoms with E-state index in [4.69, 9.17) is 11.2 Å². The summed E-state index contributed by atoms with van der Waals surface area (Å²) in [5.41, 5.74) is 0. The number of ether oxygens (including phenoxy) is 1. The van der Waals surface area contributed by atoms with E-state index in [0.717, 1.165) is 6.42 Å². The molecule has 0 aliphatic carbocycles. The highest BCUT2D eigenvalue weighted by Gasteiger charge is 2.29. The van der Waals surface area contributed by atoms with Gasteiger partial charge in [-0.2, -0.15) is 0 Å². The average molecular weight is 152 g/mol. The lowest BCUT2D eigenvalue weighted by Gasteiger charge is -2.09. The van der Waals surface area contributed by atoms with Gasteiger partial charge in [-0.05, 0) is 13.3 Å². The molecular formula is C9H12O2. The van der Waals surface area contributed by atoms with E-state index in [0.29, 0.717) is 6.61 Å². The number of Topliss-reactive ketones (excluding diaryl/α,β-unsaturated/α-hetero) is 1. The zero-order valence-corrected chi connectivity index (χ0v) is 6.67. The van der Waals surface area contributed by atoms with Crippen LogP contribution in [-0.4, -0.2) is 18.5 Å². The highest BCUT2D eigenvalue weighted by atomic mass is 16.5. The third kappa shape index (κ3) is 1.81. The van der Waals surface area contributed by atoms with Crippen LogP contribution in [0.25, 0.3) is 0 Å². The normalized spacial score (nSPS) is 29.8. The highest BCUT2D eigenvalue weighted by molar-refractivity contribution is 5.83. The van der Waals surface area contributed by atoms with Gasteiger partial charge < -0.3 is 4.74 Å². The van der Waals surface area contributed by atoms with Crippen LogP contribution in [0.4, 0.5) is 0 Å². The fourth-order valence-electron chi connectivity index (χ4n) is 1.39. The molecule has 0 bridgehead atoms. The number of ketones is 1. The van der Waals surface area contributed by atoms with Crippen LogP contribution in [0.15, 0.2) is 0 Å².